The van der Waals surface area contributed by atoms with E-state index in [0.29, 0.717) is 0 Å². The van der Waals surface area contributed by atoms with Gasteiger partial charge in [0.25, 0.3) is 0 Å². The molecule has 0 atom stereocenters. The van der Waals surface area contributed by atoms with Crippen molar-refractivity contribution < 1.29 is 23.5 Å². The predicted octanol–water partition coefficient (Wildman–Crippen LogP) is 2.40. The Morgan fingerprint density at radius 3 is 1.89 bits per heavy atom. The van der Waals surface area contributed by atoms with Crippen LogP contribution in [0.2, 0.25) is 0 Å². The Morgan fingerprint density at radius 1 is 1.06 bits per heavy atom. The van der Waals surface area contributed by atoms with Gasteiger partial charge in [-0.1, -0.05) is 19.3 Å². The summed E-state index contributed by atoms with van der Waals surface area (Å²) in [5.74, 6) is -1.24. The molecule has 0 radical (unpaired) electrons. The standard InChI is InChI=1S/C13H21FO4/c1-10(15)17-8-13(14,9-18-11(2)16)12-6-4-3-5-7-12/h12H,3-9H2,1-2H3. The minimum absolute atomic E-state index is 0.204. The second-order valence-electron chi connectivity index (χ2n) is 4.93. The van der Waals surface area contributed by atoms with Crippen LogP contribution in [0.5, 0.6) is 0 Å². The maximum Gasteiger partial charge on any atom is 0.302 e. The molecule has 0 unspecified atom stereocenters. The smallest absolute Gasteiger partial charge is 0.302 e. The predicted molar refractivity (Wildman–Crippen MR) is 63.7 cm³/mol. The molecular weight excluding hydrogens is 239 g/mol. The highest BCUT2D eigenvalue weighted by Crippen LogP contribution is 2.36. The van der Waals surface area contributed by atoms with E-state index in [2.05, 4.69) is 0 Å². The van der Waals surface area contributed by atoms with Crippen molar-refractivity contribution in [2.45, 2.75) is 51.6 Å². The van der Waals surface area contributed by atoms with Crippen LogP contribution in [0.4, 0.5) is 4.39 Å². The van der Waals surface area contributed by atoms with Crippen molar-refractivity contribution in [1.29, 1.82) is 0 Å². The second kappa shape index (κ2) is 6.71. The van der Waals surface area contributed by atoms with Gasteiger partial charge < -0.3 is 9.47 Å². The number of carbonyl (C=O) groups is 2. The molecule has 1 saturated carbocycles. The molecule has 0 saturated heterocycles. The zero-order chi connectivity index (χ0) is 13.6. The average molecular weight is 260 g/mol. The molecule has 1 aliphatic rings. The van der Waals surface area contributed by atoms with Crippen LogP contribution in [0.15, 0.2) is 0 Å². The molecule has 104 valence electrons. The van der Waals surface area contributed by atoms with Crippen LogP contribution in [0.25, 0.3) is 0 Å². The van der Waals surface area contributed by atoms with Gasteiger partial charge in [-0.15, -0.1) is 0 Å². The number of hydrogen-bond acceptors (Lipinski definition) is 4. The molecule has 18 heavy (non-hydrogen) atoms. The fourth-order valence-corrected chi connectivity index (χ4v) is 2.34. The van der Waals surface area contributed by atoms with Gasteiger partial charge in [-0.05, 0) is 18.8 Å². The number of halogens is 1. The first-order valence-corrected chi connectivity index (χ1v) is 6.40. The SMILES string of the molecule is CC(=O)OCC(F)(COC(C)=O)C1CCCCC1. The van der Waals surface area contributed by atoms with Crippen molar-refractivity contribution in [3.05, 3.63) is 0 Å². The van der Waals surface area contributed by atoms with Crippen LogP contribution in [-0.2, 0) is 19.1 Å². The van der Waals surface area contributed by atoms with Crippen LogP contribution in [0.1, 0.15) is 46.0 Å². The van der Waals surface area contributed by atoms with Crippen molar-refractivity contribution in [3.63, 3.8) is 0 Å². The first-order chi connectivity index (χ1) is 8.44. The van der Waals surface area contributed by atoms with Crippen molar-refractivity contribution in [3.8, 4) is 0 Å². The van der Waals surface area contributed by atoms with Gasteiger partial charge in [0.05, 0.1) is 0 Å². The maximum absolute atomic E-state index is 14.8. The fraction of sp³-hybridized carbons (Fsp3) is 0.846. The van der Waals surface area contributed by atoms with Gasteiger partial charge in [-0.2, -0.15) is 0 Å². The molecule has 0 bridgehead atoms. The summed E-state index contributed by atoms with van der Waals surface area (Å²) < 4.78 is 24.4. The molecule has 0 spiro atoms. The minimum Gasteiger partial charge on any atom is -0.462 e. The number of ether oxygens (including phenoxy) is 2. The van der Waals surface area contributed by atoms with E-state index in [1.54, 1.807) is 0 Å². The molecule has 0 heterocycles. The fourth-order valence-electron chi connectivity index (χ4n) is 2.34. The van der Waals surface area contributed by atoms with Crippen molar-refractivity contribution in [2.24, 2.45) is 5.92 Å². The van der Waals surface area contributed by atoms with E-state index in [1.165, 1.54) is 13.8 Å². The normalized spacial score (nSPS) is 17.3. The van der Waals surface area contributed by atoms with E-state index in [1.807, 2.05) is 0 Å². The Morgan fingerprint density at radius 2 is 1.50 bits per heavy atom. The number of carbonyl (C=O) groups excluding carboxylic acids is 2. The lowest BCUT2D eigenvalue weighted by molar-refractivity contribution is -0.158. The van der Waals surface area contributed by atoms with E-state index in [4.69, 9.17) is 9.47 Å². The molecule has 1 aliphatic carbocycles. The molecule has 4 nitrogen and oxygen atoms in total. The third kappa shape index (κ3) is 4.63. The molecular formula is C13H21FO4. The van der Waals surface area contributed by atoms with Crippen molar-refractivity contribution in [1.82, 2.24) is 0 Å². The van der Waals surface area contributed by atoms with Gasteiger partial charge in [0.2, 0.25) is 0 Å². The summed E-state index contributed by atoms with van der Waals surface area (Å²) in [6, 6.07) is 0. The van der Waals surface area contributed by atoms with Gasteiger partial charge in [0, 0.05) is 13.8 Å². The average Bonchev–Trinajstić information content (AvgIpc) is 2.35. The largest absolute Gasteiger partial charge is 0.462 e. The zero-order valence-corrected chi connectivity index (χ0v) is 11.0. The molecule has 1 rings (SSSR count). The summed E-state index contributed by atoms with van der Waals surface area (Å²) >= 11 is 0. The molecule has 0 N–H and O–H groups in total. The van der Waals surface area contributed by atoms with E-state index in [9.17, 15) is 14.0 Å². The second-order valence-corrected chi connectivity index (χ2v) is 4.93. The summed E-state index contributed by atoms with van der Waals surface area (Å²) in [6.07, 6.45) is 4.54. The van der Waals surface area contributed by atoms with Gasteiger partial charge in [0.15, 0.2) is 5.67 Å². The molecule has 0 aromatic heterocycles. The van der Waals surface area contributed by atoms with Gasteiger partial charge in [-0.25, -0.2) is 4.39 Å². The highest BCUT2D eigenvalue weighted by molar-refractivity contribution is 5.66. The monoisotopic (exact) mass is 260 g/mol. The van der Waals surface area contributed by atoms with E-state index < -0.39 is 17.6 Å². The van der Waals surface area contributed by atoms with E-state index >= 15 is 0 Å². The van der Waals surface area contributed by atoms with Crippen LogP contribution >= 0.6 is 0 Å². The Hall–Kier alpha value is -1.13. The van der Waals surface area contributed by atoms with Crippen molar-refractivity contribution >= 4 is 11.9 Å². The van der Waals surface area contributed by atoms with Gasteiger partial charge >= 0.3 is 11.9 Å². The lowest BCUT2D eigenvalue weighted by Gasteiger charge is -2.35. The van der Waals surface area contributed by atoms with Crippen LogP contribution in [-0.4, -0.2) is 30.8 Å². The van der Waals surface area contributed by atoms with Crippen molar-refractivity contribution in [2.75, 3.05) is 13.2 Å². The quantitative estimate of drug-likeness (QED) is 0.712. The Balaban J connectivity index is 2.64. The molecule has 0 aromatic carbocycles. The summed E-state index contributed by atoms with van der Waals surface area (Å²) in [7, 11) is 0. The van der Waals surface area contributed by atoms with E-state index in [-0.39, 0.29) is 19.1 Å². The summed E-state index contributed by atoms with van der Waals surface area (Å²) in [5, 5.41) is 0. The van der Waals surface area contributed by atoms with Gasteiger partial charge in [0.1, 0.15) is 13.2 Å². The highest BCUT2D eigenvalue weighted by Gasteiger charge is 2.42. The lowest BCUT2D eigenvalue weighted by atomic mass is 9.78. The Kier molecular flexibility index (Phi) is 5.56. The first kappa shape index (κ1) is 14.9. The molecule has 0 aromatic rings. The molecule has 0 amide bonds. The summed E-state index contributed by atoms with van der Waals surface area (Å²) in [4.78, 5) is 21.6. The third-order valence-corrected chi connectivity index (χ3v) is 3.37. The Bertz CT molecular complexity index is 279. The minimum atomic E-state index is -1.75. The van der Waals surface area contributed by atoms with Crippen LogP contribution in [0.3, 0.4) is 0 Å². The van der Waals surface area contributed by atoms with Crippen LogP contribution < -0.4 is 0 Å². The topological polar surface area (TPSA) is 52.6 Å². The Labute approximate surface area is 107 Å². The third-order valence-electron chi connectivity index (χ3n) is 3.37. The lowest BCUT2D eigenvalue weighted by Crippen LogP contribution is -2.44. The number of esters is 2. The zero-order valence-electron chi connectivity index (χ0n) is 11.0. The van der Waals surface area contributed by atoms with E-state index in [0.717, 1.165) is 32.1 Å². The van der Waals surface area contributed by atoms with Gasteiger partial charge in [-0.3, -0.25) is 9.59 Å². The maximum atomic E-state index is 14.8. The number of rotatable bonds is 5. The summed E-state index contributed by atoms with van der Waals surface area (Å²) in [5.41, 5.74) is -1.75. The first-order valence-electron chi connectivity index (χ1n) is 6.40. The van der Waals surface area contributed by atoms with Crippen LogP contribution in [0, 0.1) is 5.92 Å². The number of alkyl halides is 1. The molecule has 5 heteroatoms. The molecule has 0 aliphatic heterocycles. The number of hydrogen-bond donors (Lipinski definition) is 0. The highest BCUT2D eigenvalue weighted by atomic mass is 19.1. The molecule has 1 fully saturated rings. The summed E-state index contributed by atoms with van der Waals surface area (Å²) in [6.45, 7) is 1.82.